The Morgan fingerprint density at radius 1 is 1.08 bits per heavy atom. The standard InChI is InChI=1S/C24H29NO/c1-24(26-2)12-5-13-25(24)16-22-19-9-11-21(15-19)23(22)20-10-8-17-6-3-4-7-18(17)14-20/h3-4,6-8,10,14,19,21H,5,9,11-13,15-16H2,1-2H3. The second-order valence-corrected chi connectivity index (χ2v) is 8.61. The number of hydrogen-bond acceptors (Lipinski definition) is 2. The van der Waals surface area contributed by atoms with Gasteiger partial charge in [-0.3, -0.25) is 4.90 Å². The summed E-state index contributed by atoms with van der Waals surface area (Å²) in [5.41, 5.74) is 4.76. The maximum Gasteiger partial charge on any atom is 0.118 e. The van der Waals surface area contributed by atoms with Crippen LogP contribution in [-0.2, 0) is 4.74 Å². The van der Waals surface area contributed by atoms with Crippen molar-refractivity contribution in [3.05, 3.63) is 53.6 Å². The molecule has 26 heavy (non-hydrogen) atoms. The fourth-order valence-electron chi connectivity index (χ4n) is 5.71. The first kappa shape index (κ1) is 16.5. The summed E-state index contributed by atoms with van der Waals surface area (Å²) < 4.78 is 5.90. The molecule has 1 aliphatic heterocycles. The molecule has 2 bridgehead atoms. The highest BCUT2D eigenvalue weighted by atomic mass is 16.5. The summed E-state index contributed by atoms with van der Waals surface area (Å²) in [7, 11) is 1.87. The summed E-state index contributed by atoms with van der Waals surface area (Å²) >= 11 is 0. The molecule has 2 aromatic rings. The Kier molecular flexibility index (Phi) is 3.95. The molecule has 3 aliphatic rings. The zero-order valence-corrected chi connectivity index (χ0v) is 16.0. The van der Waals surface area contributed by atoms with Crippen LogP contribution in [0.3, 0.4) is 0 Å². The number of ether oxygens (including phenoxy) is 1. The van der Waals surface area contributed by atoms with E-state index in [4.69, 9.17) is 4.74 Å². The first-order valence-electron chi connectivity index (χ1n) is 10.2. The van der Waals surface area contributed by atoms with Crippen LogP contribution in [-0.4, -0.2) is 30.8 Å². The Bertz CT molecular complexity index is 869. The van der Waals surface area contributed by atoms with Crippen LogP contribution >= 0.6 is 0 Å². The number of allylic oxidation sites excluding steroid dienone is 1. The fourth-order valence-corrected chi connectivity index (χ4v) is 5.71. The van der Waals surface area contributed by atoms with Crippen molar-refractivity contribution < 1.29 is 4.74 Å². The molecule has 2 aliphatic carbocycles. The highest BCUT2D eigenvalue weighted by molar-refractivity contribution is 5.87. The van der Waals surface area contributed by atoms with E-state index in [0.29, 0.717) is 0 Å². The van der Waals surface area contributed by atoms with Crippen LogP contribution in [0.25, 0.3) is 16.3 Å². The second kappa shape index (κ2) is 6.21. The minimum Gasteiger partial charge on any atom is -0.364 e. The van der Waals surface area contributed by atoms with E-state index in [2.05, 4.69) is 54.3 Å². The van der Waals surface area contributed by atoms with Crippen molar-refractivity contribution in [3.63, 3.8) is 0 Å². The maximum absolute atomic E-state index is 5.90. The Morgan fingerprint density at radius 2 is 1.88 bits per heavy atom. The van der Waals surface area contributed by atoms with Crippen molar-refractivity contribution in [2.45, 2.75) is 44.8 Å². The van der Waals surface area contributed by atoms with Crippen LogP contribution in [0.1, 0.15) is 44.6 Å². The van der Waals surface area contributed by atoms with Crippen molar-refractivity contribution >= 4 is 16.3 Å². The summed E-state index contributed by atoms with van der Waals surface area (Å²) in [5, 5.41) is 2.70. The lowest BCUT2D eigenvalue weighted by atomic mass is 9.86. The molecule has 1 saturated heterocycles. The SMILES string of the molecule is COC1(C)CCCN1CC1=C(c2ccc3ccccc3c2)C2CCC1C2. The maximum atomic E-state index is 5.90. The van der Waals surface area contributed by atoms with Crippen molar-refractivity contribution in [1.82, 2.24) is 4.90 Å². The lowest BCUT2D eigenvalue weighted by Crippen LogP contribution is -2.44. The third-order valence-corrected chi connectivity index (χ3v) is 7.28. The predicted molar refractivity (Wildman–Crippen MR) is 108 cm³/mol. The molecular weight excluding hydrogens is 318 g/mol. The molecule has 2 nitrogen and oxygen atoms in total. The van der Waals surface area contributed by atoms with Gasteiger partial charge >= 0.3 is 0 Å². The average molecular weight is 348 g/mol. The normalized spacial score (nSPS) is 31.5. The Balaban J connectivity index is 1.55. The largest absolute Gasteiger partial charge is 0.364 e. The molecule has 0 spiro atoms. The van der Waals surface area contributed by atoms with E-state index in [0.717, 1.165) is 31.3 Å². The number of rotatable bonds is 4. The Morgan fingerprint density at radius 3 is 2.73 bits per heavy atom. The molecule has 1 heterocycles. The van der Waals surface area contributed by atoms with Crippen LogP contribution in [0.15, 0.2) is 48.0 Å². The van der Waals surface area contributed by atoms with Gasteiger partial charge in [-0.15, -0.1) is 0 Å². The Labute approximate surface area is 156 Å². The highest BCUT2D eigenvalue weighted by Crippen LogP contribution is 2.53. The molecule has 2 aromatic carbocycles. The van der Waals surface area contributed by atoms with Crippen LogP contribution < -0.4 is 0 Å². The van der Waals surface area contributed by atoms with Crippen LogP contribution in [0, 0.1) is 11.8 Å². The van der Waals surface area contributed by atoms with Gasteiger partial charge in [0.2, 0.25) is 0 Å². The zero-order valence-electron chi connectivity index (χ0n) is 16.0. The third-order valence-electron chi connectivity index (χ3n) is 7.28. The van der Waals surface area contributed by atoms with Gasteiger partial charge in [-0.1, -0.05) is 36.4 Å². The molecular formula is C24H29NO. The van der Waals surface area contributed by atoms with E-state index in [1.165, 1.54) is 42.0 Å². The van der Waals surface area contributed by atoms with Crippen molar-refractivity contribution in [2.24, 2.45) is 11.8 Å². The number of benzene rings is 2. The molecule has 2 fully saturated rings. The third kappa shape index (κ3) is 2.54. The molecule has 3 atom stereocenters. The monoisotopic (exact) mass is 347 g/mol. The van der Waals surface area contributed by atoms with Crippen molar-refractivity contribution in [3.8, 4) is 0 Å². The Hall–Kier alpha value is -1.64. The number of methoxy groups -OCH3 is 1. The first-order chi connectivity index (χ1) is 12.7. The van der Waals surface area contributed by atoms with Gasteiger partial charge in [-0.2, -0.15) is 0 Å². The number of hydrogen-bond donors (Lipinski definition) is 0. The van der Waals surface area contributed by atoms with Crippen LogP contribution in [0.2, 0.25) is 0 Å². The molecule has 3 unspecified atom stereocenters. The van der Waals surface area contributed by atoms with Gasteiger partial charge in [-0.05, 0) is 84.4 Å². The lowest BCUT2D eigenvalue weighted by Gasteiger charge is -2.36. The van der Waals surface area contributed by atoms with Gasteiger partial charge < -0.3 is 4.74 Å². The minimum absolute atomic E-state index is 0.0800. The van der Waals surface area contributed by atoms with E-state index in [-0.39, 0.29) is 5.72 Å². The summed E-state index contributed by atoms with van der Waals surface area (Å²) in [6, 6.07) is 15.8. The van der Waals surface area contributed by atoms with Gasteiger partial charge in [0.1, 0.15) is 5.72 Å². The van der Waals surface area contributed by atoms with Crippen molar-refractivity contribution in [1.29, 1.82) is 0 Å². The van der Waals surface area contributed by atoms with Crippen LogP contribution in [0.5, 0.6) is 0 Å². The number of fused-ring (bicyclic) bond motifs is 3. The van der Waals surface area contributed by atoms with E-state index < -0.39 is 0 Å². The highest BCUT2D eigenvalue weighted by Gasteiger charge is 2.43. The minimum atomic E-state index is -0.0800. The van der Waals surface area contributed by atoms with E-state index in [1.807, 2.05) is 7.11 Å². The number of likely N-dealkylation sites (tertiary alicyclic amines) is 1. The summed E-state index contributed by atoms with van der Waals surface area (Å²) in [5.74, 6) is 1.57. The fraction of sp³-hybridized carbons (Fsp3) is 0.500. The average Bonchev–Trinajstić information content (AvgIpc) is 3.37. The number of nitrogens with zero attached hydrogens (tertiary/aromatic N) is 1. The predicted octanol–water partition coefficient (Wildman–Crippen LogP) is 5.48. The second-order valence-electron chi connectivity index (χ2n) is 8.61. The molecule has 1 saturated carbocycles. The quantitative estimate of drug-likeness (QED) is 0.726. The molecule has 5 rings (SSSR count). The molecule has 0 amide bonds. The molecule has 0 N–H and O–H groups in total. The van der Waals surface area contributed by atoms with Crippen molar-refractivity contribution in [2.75, 3.05) is 20.2 Å². The molecule has 0 radical (unpaired) electrons. The van der Waals surface area contributed by atoms with Crippen LogP contribution in [0.4, 0.5) is 0 Å². The van der Waals surface area contributed by atoms with Gasteiger partial charge in [0, 0.05) is 20.2 Å². The first-order valence-corrected chi connectivity index (χ1v) is 10.2. The van der Waals surface area contributed by atoms with E-state index in [1.54, 1.807) is 11.1 Å². The smallest absolute Gasteiger partial charge is 0.118 e. The van der Waals surface area contributed by atoms with Gasteiger partial charge in [-0.25, -0.2) is 0 Å². The summed E-state index contributed by atoms with van der Waals surface area (Å²) in [6.45, 7) is 4.52. The molecule has 2 heteroatoms. The molecule has 0 aromatic heterocycles. The van der Waals surface area contributed by atoms with E-state index >= 15 is 0 Å². The topological polar surface area (TPSA) is 12.5 Å². The van der Waals surface area contributed by atoms with Gasteiger partial charge in [0.15, 0.2) is 0 Å². The van der Waals surface area contributed by atoms with Gasteiger partial charge in [0.25, 0.3) is 0 Å². The summed E-state index contributed by atoms with van der Waals surface area (Å²) in [6.07, 6.45) is 6.52. The van der Waals surface area contributed by atoms with Gasteiger partial charge in [0.05, 0.1) is 0 Å². The molecule has 136 valence electrons. The summed E-state index contributed by atoms with van der Waals surface area (Å²) in [4.78, 5) is 2.59. The lowest BCUT2D eigenvalue weighted by molar-refractivity contribution is -0.0938. The van der Waals surface area contributed by atoms with E-state index in [9.17, 15) is 0 Å². The zero-order chi connectivity index (χ0) is 17.7.